The summed E-state index contributed by atoms with van der Waals surface area (Å²) in [4.78, 5) is 15.7. The van der Waals surface area contributed by atoms with Gasteiger partial charge in [0, 0.05) is 29.8 Å². The molecule has 6 heteroatoms. The Labute approximate surface area is 174 Å². The Hall–Kier alpha value is -3.67. The number of aliphatic carboxylic acids is 1. The third-order valence-corrected chi connectivity index (χ3v) is 4.54. The summed E-state index contributed by atoms with van der Waals surface area (Å²) in [5, 5.41) is 16.1. The maximum atomic E-state index is 14.3. The molecule has 0 fully saturated rings. The molecule has 0 aliphatic carbocycles. The number of aryl methyl sites for hydroxylation is 1. The predicted molar refractivity (Wildman–Crippen MR) is 115 cm³/mol. The number of carbonyl (C=O) groups is 1. The molecule has 30 heavy (non-hydrogen) atoms. The van der Waals surface area contributed by atoms with Gasteiger partial charge >= 0.3 is 5.97 Å². The molecule has 154 valence electrons. The highest BCUT2D eigenvalue weighted by molar-refractivity contribution is 6.12. The first-order valence-electron chi connectivity index (χ1n) is 9.56. The third kappa shape index (κ3) is 5.91. The quantitative estimate of drug-likeness (QED) is 0.394. The summed E-state index contributed by atoms with van der Waals surface area (Å²) in [5.74, 6) is -1.17. The van der Waals surface area contributed by atoms with Crippen molar-refractivity contribution >= 4 is 17.4 Å². The highest BCUT2D eigenvalue weighted by atomic mass is 19.1. The van der Waals surface area contributed by atoms with E-state index in [1.54, 1.807) is 0 Å². The van der Waals surface area contributed by atoms with Crippen molar-refractivity contribution in [3.8, 4) is 0 Å². The van der Waals surface area contributed by atoms with Crippen LogP contribution in [0.1, 0.15) is 28.7 Å². The van der Waals surface area contributed by atoms with Crippen molar-refractivity contribution in [1.29, 1.82) is 0 Å². The number of nitrogens with zero attached hydrogens (tertiary/aromatic N) is 1. The molecule has 3 aromatic carbocycles. The van der Waals surface area contributed by atoms with Crippen LogP contribution in [-0.4, -0.2) is 23.9 Å². The van der Waals surface area contributed by atoms with E-state index in [0.29, 0.717) is 24.2 Å². The van der Waals surface area contributed by atoms with Crippen molar-refractivity contribution in [2.24, 2.45) is 5.16 Å². The van der Waals surface area contributed by atoms with E-state index in [1.165, 1.54) is 19.2 Å². The topological polar surface area (TPSA) is 70.9 Å². The lowest BCUT2D eigenvalue weighted by atomic mass is 10.00. The second-order valence-corrected chi connectivity index (χ2v) is 6.78. The molecule has 0 saturated heterocycles. The summed E-state index contributed by atoms with van der Waals surface area (Å²) in [6, 6.07) is 21.8. The lowest BCUT2D eigenvalue weighted by Crippen LogP contribution is -2.07. The lowest BCUT2D eigenvalue weighted by Gasteiger charge is -2.11. The van der Waals surface area contributed by atoms with Crippen LogP contribution in [0.2, 0.25) is 0 Å². The first-order chi connectivity index (χ1) is 14.5. The molecule has 3 aromatic rings. The van der Waals surface area contributed by atoms with E-state index in [2.05, 4.69) is 10.5 Å². The number of hydrogen-bond acceptors (Lipinski definition) is 4. The molecule has 0 aliphatic rings. The highest BCUT2D eigenvalue weighted by Crippen LogP contribution is 2.18. The van der Waals surface area contributed by atoms with E-state index in [4.69, 9.17) is 9.94 Å². The lowest BCUT2D eigenvalue weighted by molar-refractivity contribution is -0.136. The van der Waals surface area contributed by atoms with Gasteiger partial charge in [0.25, 0.3) is 0 Å². The molecule has 0 aromatic heterocycles. The van der Waals surface area contributed by atoms with E-state index >= 15 is 0 Å². The zero-order chi connectivity index (χ0) is 21.3. The molecule has 0 atom stereocenters. The first kappa shape index (κ1) is 21.0. The minimum absolute atomic E-state index is 0.103. The summed E-state index contributed by atoms with van der Waals surface area (Å²) in [5.41, 5.74) is 4.61. The number of oxime groups is 1. The van der Waals surface area contributed by atoms with Gasteiger partial charge in [-0.2, -0.15) is 0 Å². The van der Waals surface area contributed by atoms with Crippen molar-refractivity contribution in [2.45, 2.75) is 19.4 Å². The summed E-state index contributed by atoms with van der Waals surface area (Å²) in [6.07, 6.45) is 0.593. The smallest absolute Gasteiger partial charge is 0.303 e. The summed E-state index contributed by atoms with van der Waals surface area (Å²) >= 11 is 0. The third-order valence-electron chi connectivity index (χ3n) is 4.54. The van der Waals surface area contributed by atoms with Crippen LogP contribution >= 0.6 is 0 Å². The van der Waals surface area contributed by atoms with Crippen LogP contribution in [0.3, 0.4) is 0 Å². The minimum Gasteiger partial charge on any atom is -0.481 e. The number of nitrogens with one attached hydrogen (secondary N) is 1. The van der Waals surface area contributed by atoms with Crippen LogP contribution in [0.15, 0.2) is 78.0 Å². The molecular formula is C24H23FN2O3. The molecule has 5 nitrogen and oxygen atoms in total. The molecule has 0 aliphatic heterocycles. The molecule has 0 amide bonds. The van der Waals surface area contributed by atoms with E-state index in [1.807, 2.05) is 60.7 Å². The van der Waals surface area contributed by atoms with Gasteiger partial charge in [0.2, 0.25) is 0 Å². The number of carboxylic acids is 1. The van der Waals surface area contributed by atoms with Crippen molar-refractivity contribution in [3.63, 3.8) is 0 Å². The van der Waals surface area contributed by atoms with Crippen LogP contribution in [0, 0.1) is 5.82 Å². The Morgan fingerprint density at radius 2 is 1.73 bits per heavy atom. The summed E-state index contributed by atoms with van der Waals surface area (Å²) < 4.78 is 14.3. The largest absolute Gasteiger partial charge is 0.481 e. The fourth-order valence-corrected chi connectivity index (χ4v) is 3.09. The molecule has 0 heterocycles. The number of carboxylic acid groups (broad SMARTS) is 1. The molecule has 0 spiro atoms. The number of hydrogen-bond donors (Lipinski definition) is 2. The van der Waals surface area contributed by atoms with Crippen LogP contribution in [-0.2, 0) is 22.6 Å². The van der Waals surface area contributed by atoms with Crippen molar-refractivity contribution < 1.29 is 19.1 Å². The van der Waals surface area contributed by atoms with Gasteiger partial charge in [-0.15, -0.1) is 0 Å². The molecule has 0 unspecified atom stereocenters. The highest BCUT2D eigenvalue weighted by Gasteiger charge is 2.11. The Balaban J connectivity index is 1.74. The molecule has 2 N–H and O–H groups in total. The van der Waals surface area contributed by atoms with Crippen LogP contribution < -0.4 is 5.32 Å². The second kappa shape index (κ2) is 10.2. The number of rotatable bonds is 9. The molecule has 0 radical (unpaired) electrons. The van der Waals surface area contributed by atoms with Crippen LogP contribution in [0.4, 0.5) is 10.1 Å². The van der Waals surface area contributed by atoms with E-state index < -0.39 is 5.97 Å². The van der Waals surface area contributed by atoms with Gasteiger partial charge in [0.15, 0.2) is 0 Å². The van der Waals surface area contributed by atoms with Crippen LogP contribution in [0.5, 0.6) is 0 Å². The van der Waals surface area contributed by atoms with Gasteiger partial charge < -0.3 is 15.3 Å². The maximum absolute atomic E-state index is 14.3. The van der Waals surface area contributed by atoms with E-state index in [0.717, 1.165) is 22.4 Å². The number of benzene rings is 3. The number of anilines is 1. The zero-order valence-electron chi connectivity index (χ0n) is 16.6. The molecule has 3 rings (SSSR count). The van der Waals surface area contributed by atoms with Gasteiger partial charge in [-0.05, 0) is 47.9 Å². The minimum atomic E-state index is -0.814. The van der Waals surface area contributed by atoms with Gasteiger partial charge in [-0.1, -0.05) is 47.6 Å². The Morgan fingerprint density at radius 1 is 1.00 bits per heavy atom. The monoisotopic (exact) mass is 406 g/mol. The maximum Gasteiger partial charge on any atom is 0.303 e. The molecule has 0 bridgehead atoms. The van der Waals surface area contributed by atoms with Crippen molar-refractivity contribution in [1.82, 2.24) is 0 Å². The van der Waals surface area contributed by atoms with Crippen LogP contribution in [0.25, 0.3) is 0 Å². The normalized spacial score (nSPS) is 11.2. The average molecular weight is 406 g/mol. The molecular weight excluding hydrogens is 383 g/mol. The van der Waals surface area contributed by atoms with Crippen molar-refractivity contribution in [2.75, 3.05) is 12.4 Å². The average Bonchev–Trinajstić information content (AvgIpc) is 2.75. The summed E-state index contributed by atoms with van der Waals surface area (Å²) in [6.45, 7) is 0.425. The first-order valence-corrected chi connectivity index (χ1v) is 9.56. The van der Waals surface area contributed by atoms with Gasteiger partial charge in [0.1, 0.15) is 18.6 Å². The fourth-order valence-electron chi connectivity index (χ4n) is 3.09. The van der Waals surface area contributed by atoms with Crippen molar-refractivity contribution in [3.05, 3.63) is 101 Å². The Kier molecular flexibility index (Phi) is 7.16. The summed E-state index contributed by atoms with van der Waals surface area (Å²) in [7, 11) is 1.46. The van der Waals surface area contributed by atoms with E-state index in [-0.39, 0.29) is 12.2 Å². The number of halogens is 1. The second-order valence-electron chi connectivity index (χ2n) is 6.78. The fraction of sp³-hybridized carbons (Fsp3) is 0.167. The van der Waals surface area contributed by atoms with Gasteiger partial charge in [-0.25, -0.2) is 4.39 Å². The predicted octanol–water partition coefficient (Wildman–Crippen LogP) is 4.85. The van der Waals surface area contributed by atoms with Gasteiger partial charge in [-0.3, -0.25) is 4.79 Å². The van der Waals surface area contributed by atoms with Gasteiger partial charge in [0.05, 0.1) is 0 Å². The Morgan fingerprint density at radius 3 is 2.40 bits per heavy atom. The van der Waals surface area contributed by atoms with E-state index in [9.17, 15) is 9.18 Å². The zero-order valence-corrected chi connectivity index (χ0v) is 16.6. The molecule has 0 saturated carbocycles. The Bertz CT molecular complexity index is 1020. The standard InChI is InChI=1S/C24H23FN2O3/c1-30-27-24(19-5-3-2-4-6-19)20-13-18(14-21(25)15-20)16-26-22-10-7-17(8-11-22)9-12-23(28)29/h2-8,10-11,13-15,26H,9,12,16H2,1H3,(H,28,29). The SMILES string of the molecule is CON=C(c1ccccc1)c1cc(F)cc(CNc2ccc(CCC(=O)O)cc2)c1.